The Morgan fingerprint density at radius 2 is 1.94 bits per heavy atom. The van der Waals surface area contributed by atoms with E-state index in [9.17, 15) is 21.6 Å². The zero-order valence-corrected chi connectivity index (χ0v) is 12.3. The lowest BCUT2D eigenvalue weighted by atomic mass is 10.2. The summed E-state index contributed by atoms with van der Waals surface area (Å²) in [5.41, 5.74) is -0.910. The van der Waals surface area contributed by atoms with Crippen molar-refractivity contribution in [1.82, 2.24) is 0 Å². The fraction of sp³-hybridized carbons (Fsp3) is 0.400. The third-order valence-electron chi connectivity index (χ3n) is 2.31. The molecule has 0 saturated carbocycles. The van der Waals surface area contributed by atoms with Gasteiger partial charge < -0.3 is 0 Å². The molecule has 1 rings (SSSR count). The van der Waals surface area contributed by atoms with Crippen molar-refractivity contribution in [3.8, 4) is 0 Å². The molecule has 2 nitrogen and oxygen atoms in total. The van der Waals surface area contributed by atoms with Crippen LogP contribution in [-0.2, 0) is 16.0 Å². The van der Waals surface area contributed by atoms with E-state index in [1.54, 1.807) is 0 Å². The number of halogens is 5. The monoisotopic (exact) mass is 364 g/mol. The van der Waals surface area contributed by atoms with Crippen molar-refractivity contribution in [2.24, 2.45) is 0 Å². The molecule has 0 aliphatic heterocycles. The highest BCUT2D eigenvalue weighted by atomic mass is 79.9. The van der Waals surface area contributed by atoms with Gasteiger partial charge >= 0.3 is 6.18 Å². The summed E-state index contributed by atoms with van der Waals surface area (Å²) in [5.74, 6) is -0.129. The molecule has 0 saturated heterocycles. The van der Waals surface area contributed by atoms with Gasteiger partial charge in [0.25, 0.3) is 0 Å². The van der Waals surface area contributed by atoms with Gasteiger partial charge in [0, 0.05) is 10.4 Å². The van der Waals surface area contributed by atoms with E-state index in [4.69, 9.17) is 11.6 Å². The third kappa shape index (κ3) is 3.19. The molecule has 0 amide bonds. The molecule has 1 atom stereocenters. The summed E-state index contributed by atoms with van der Waals surface area (Å²) in [4.78, 5) is -0.191. The maximum Gasteiger partial charge on any atom is 0.416 e. The molecule has 0 heterocycles. The molecule has 0 N–H and O–H groups in total. The number of hydrogen-bond donors (Lipinski definition) is 0. The molecule has 1 unspecified atom stereocenters. The molecular formula is C10H9BrClF3O2S. The minimum absolute atomic E-state index is 0.116. The Hall–Kier alpha value is -0.270. The highest BCUT2D eigenvalue weighted by Crippen LogP contribution is 2.34. The van der Waals surface area contributed by atoms with E-state index in [0.717, 1.165) is 18.2 Å². The first-order valence-corrected chi connectivity index (χ1v) is 7.64. The van der Waals surface area contributed by atoms with Crippen LogP contribution in [0.15, 0.2) is 27.6 Å². The number of sulfone groups is 1. The molecule has 0 aromatic heterocycles. The predicted molar refractivity (Wildman–Crippen MR) is 66.5 cm³/mol. The zero-order chi connectivity index (χ0) is 14.1. The van der Waals surface area contributed by atoms with E-state index < -0.39 is 26.8 Å². The maximum absolute atomic E-state index is 12.4. The second-order valence-corrected chi connectivity index (χ2v) is 7.15. The third-order valence-corrected chi connectivity index (χ3v) is 6.07. The molecule has 102 valence electrons. The van der Waals surface area contributed by atoms with Crippen LogP contribution >= 0.6 is 27.5 Å². The number of hydrogen-bond acceptors (Lipinski definition) is 2. The Morgan fingerprint density at radius 1 is 1.39 bits per heavy atom. The van der Waals surface area contributed by atoms with Gasteiger partial charge in [-0.25, -0.2) is 8.42 Å². The van der Waals surface area contributed by atoms with Gasteiger partial charge in [-0.2, -0.15) is 13.2 Å². The van der Waals surface area contributed by atoms with Gasteiger partial charge in [-0.05, 0) is 41.1 Å². The summed E-state index contributed by atoms with van der Waals surface area (Å²) in [6, 6.07) is 2.41. The fourth-order valence-electron chi connectivity index (χ4n) is 1.21. The Bertz CT molecular complexity index is 543. The van der Waals surface area contributed by atoms with E-state index in [1.165, 1.54) is 6.92 Å². The Labute approximate surface area is 116 Å². The van der Waals surface area contributed by atoms with Crippen LogP contribution in [0.4, 0.5) is 13.2 Å². The average Bonchev–Trinajstić information content (AvgIpc) is 2.26. The van der Waals surface area contributed by atoms with Crippen molar-refractivity contribution in [2.45, 2.75) is 23.2 Å². The summed E-state index contributed by atoms with van der Waals surface area (Å²) in [5, 5.41) is -0.868. The first-order chi connectivity index (χ1) is 8.10. The summed E-state index contributed by atoms with van der Waals surface area (Å²) in [6.07, 6.45) is -4.51. The predicted octanol–water partition coefficient (Wildman–Crippen LogP) is 3.87. The van der Waals surface area contributed by atoms with E-state index in [0.29, 0.717) is 0 Å². The van der Waals surface area contributed by atoms with Crippen LogP contribution in [0, 0.1) is 0 Å². The van der Waals surface area contributed by atoms with Gasteiger partial charge in [0.2, 0.25) is 0 Å². The van der Waals surface area contributed by atoms with Crippen molar-refractivity contribution < 1.29 is 21.6 Å². The summed E-state index contributed by atoms with van der Waals surface area (Å²) in [6.45, 7) is 1.40. The van der Waals surface area contributed by atoms with E-state index >= 15 is 0 Å². The van der Waals surface area contributed by atoms with Crippen molar-refractivity contribution in [1.29, 1.82) is 0 Å². The van der Waals surface area contributed by atoms with Gasteiger partial charge in [-0.3, -0.25) is 0 Å². The first-order valence-electron chi connectivity index (χ1n) is 4.77. The second-order valence-electron chi connectivity index (χ2n) is 3.65. The van der Waals surface area contributed by atoms with Crippen LogP contribution in [0.5, 0.6) is 0 Å². The number of benzene rings is 1. The van der Waals surface area contributed by atoms with Crippen LogP contribution in [0.25, 0.3) is 0 Å². The SMILES string of the molecule is CC(CCl)S(=O)(=O)c1ccc(C(F)(F)F)cc1Br. The van der Waals surface area contributed by atoms with Gasteiger partial charge in [0.1, 0.15) is 0 Å². The molecule has 0 bridgehead atoms. The molecule has 0 fully saturated rings. The standard InChI is InChI=1S/C10H9BrClF3O2S/c1-6(5-12)18(16,17)9-3-2-7(4-8(9)11)10(13,14)15/h2-4,6H,5H2,1H3. The van der Waals surface area contributed by atoms with Crippen molar-refractivity contribution in [3.63, 3.8) is 0 Å². The van der Waals surface area contributed by atoms with Gasteiger partial charge in [0.15, 0.2) is 9.84 Å². The second kappa shape index (κ2) is 5.38. The lowest BCUT2D eigenvalue weighted by molar-refractivity contribution is -0.137. The highest BCUT2D eigenvalue weighted by Gasteiger charge is 2.32. The van der Waals surface area contributed by atoms with Crippen molar-refractivity contribution in [3.05, 3.63) is 28.2 Å². The molecule has 0 spiro atoms. The van der Waals surface area contributed by atoms with Crippen molar-refractivity contribution >= 4 is 37.4 Å². The first kappa shape index (κ1) is 15.8. The number of alkyl halides is 4. The molecule has 0 radical (unpaired) electrons. The lowest BCUT2D eigenvalue weighted by Crippen LogP contribution is -2.20. The zero-order valence-electron chi connectivity index (χ0n) is 9.13. The summed E-state index contributed by atoms with van der Waals surface area (Å²) < 4.78 is 61.1. The van der Waals surface area contributed by atoms with Crippen LogP contribution in [0.3, 0.4) is 0 Å². The summed E-state index contributed by atoms with van der Waals surface area (Å²) in [7, 11) is -3.73. The van der Waals surface area contributed by atoms with E-state index in [2.05, 4.69) is 15.9 Å². The summed E-state index contributed by atoms with van der Waals surface area (Å²) >= 11 is 8.32. The van der Waals surface area contributed by atoms with Crippen LogP contribution < -0.4 is 0 Å². The molecule has 8 heteroatoms. The van der Waals surface area contributed by atoms with E-state index in [1.807, 2.05) is 0 Å². The minimum Gasteiger partial charge on any atom is -0.223 e. The van der Waals surface area contributed by atoms with Crippen LogP contribution in [-0.4, -0.2) is 19.5 Å². The van der Waals surface area contributed by atoms with E-state index in [-0.39, 0.29) is 15.2 Å². The quantitative estimate of drug-likeness (QED) is 0.762. The van der Waals surface area contributed by atoms with Crippen molar-refractivity contribution in [2.75, 3.05) is 5.88 Å². The molecule has 0 aliphatic carbocycles. The molecule has 18 heavy (non-hydrogen) atoms. The molecule has 1 aromatic rings. The topological polar surface area (TPSA) is 34.1 Å². The Morgan fingerprint density at radius 3 is 2.33 bits per heavy atom. The highest BCUT2D eigenvalue weighted by molar-refractivity contribution is 9.10. The van der Waals surface area contributed by atoms with Gasteiger partial charge in [-0.15, -0.1) is 11.6 Å². The fourth-order valence-corrected chi connectivity index (χ4v) is 3.95. The molecular weight excluding hydrogens is 357 g/mol. The van der Waals surface area contributed by atoms with Gasteiger partial charge in [0.05, 0.1) is 15.7 Å². The number of rotatable bonds is 3. The Balaban J connectivity index is 3.31. The largest absolute Gasteiger partial charge is 0.416 e. The Kier molecular flexibility index (Phi) is 4.72. The van der Waals surface area contributed by atoms with Crippen LogP contribution in [0.1, 0.15) is 12.5 Å². The minimum atomic E-state index is -4.51. The van der Waals surface area contributed by atoms with Gasteiger partial charge in [-0.1, -0.05) is 0 Å². The lowest BCUT2D eigenvalue weighted by Gasteiger charge is -2.13. The normalized spacial score (nSPS) is 14.6. The maximum atomic E-state index is 12.4. The molecule has 1 aromatic carbocycles. The van der Waals surface area contributed by atoms with Crippen LogP contribution in [0.2, 0.25) is 0 Å². The molecule has 0 aliphatic rings. The average molecular weight is 366 g/mol. The smallest absolute Gasteiger partial charge is 0.223 e.